The Morgan fingerprint density at radius 2 is 2.08 bits per heavy atom. The van der Waals surface area contributed by atoms with E-state index in [0.717, 1.165) is 20.0 Å². The van der Waals surface area contributed by atoms with Crippen molar-refractivity contribution in [1.29, 1.82) is 0 Å². The first-order valence-corrected chi connectivity index (χ1v) is 9.13. The van der Waals surface area contributed by atoms with Gasteiger partial charge in [0.1, 0.15) is 5.75 Å². The number of para-hydroxylation sites is 1. The topological polar surface area (TPSA) is 41.6 Å². The van der Waals surface area contributed by atoms with E-state index in [-0.39, 0.29) is 11.9 Å². The van der Waals surface area contributed by atoms with Gasteiger partial charge in [0.05, 0.1) is 16.9 Å². The number of carbonyl (C=O) groups excluding carboxylic acids is 1. The van der Waals surface area contributed by atoms with Gasteiger partial charge in [0, 0.05) is 23.1 Å². The van der Waals surface area contributed by atoms with Gasteiger partial charge < -0.3 is 15.0 Å². The fourth-order valence-corrected chi connectivity index (χ4v) is 3.67. The number of likely N-dealkylation sites (N-methyl/N-ethyl adjacent to an activating group) is 1. The van der Waals surface area contributed by atoms with Gasteiger partial charge in [-0.3, -0.25) is 4.79 Å². The molecule has 2 rings (SSSR count). The quantitative estimate of drug-likeness (QED) is 0.705. The van der Waals surface area contributed by atoms with Crippen molar-refractivity contribution >= 4 is 39.2 Å². The summed E-state index contributed by atoms with van der Waals surface area (Å²) in [7, 11) is 5.64. The van der Waals surface area contributed by atoms with Gasteiger partial charge >= 0.3 is 0 Å². The molecule has 0 aliphatic carbocycles. The average molecular weight is 409 g/mol. The lowest BCUT2D eigenvalue weighted by Gasteiger charge is -2.26. The van der Waals surface area contributed by atoms with Crippen LogP contribution in [0.1, 0.15) is 16.5 Å². The lowest BCUT2D eigenvalue weighted by Crippen LogP contribution is -2.33. The highest BCUT2D eigenvalue weighted by Crippen LogP contribution is 2.27. The maximum atomic E-state index is 12.1. The van der Waals surface area contributed by atoms with Gasteiger partial charge in [-0.25, -0.2) is 0 Å². The van der Waals surface area contributed by atoms with Crippen LogP contribution in [-0.2, 0) is 4.79 Å². The molecule has 0 saturated heterocycles. The number of methoxy groups -OCH3 is 1. The highest BCUT2D eigenvalue weighted by atomic mass is 79.9. The number of halogens is 1. The maximum Gasteiger partial charge on any atom is 0.244 e. The van der Waals surface area contributed by atoms with E-state index >= 15 is 0 Å². The zero-order chi connectivity index (χ0) is 17.5. The first kappa shape index (κ1) is 18.7. The molecule has 6 heteroatoms. The normalized spacial score (nSPS) is 12.5. The summed E-state index contributed by atoms with van der Waals surface area (Å²) in [5, 5.41) is 2.96. The lowest BCUT2D eigenvalue weighted by atomic mass is 10.0. The smallest absolute Gasteiger partial charge is 0.244 e. The zero-order valence-corrected chi connectivity index (χ0v) is 16.4. The minimum Gasteiger partial charge on any atom is -0.496 e. The van der Waals surface area contributed by atoms with Crippen molar-refractivity contribution in [1.82, 2.24) is 10.2 Å². The Hall–Kier alpha value is -1.63. The van der Waals surface area contributed by atoms with Gasteiger partial charge in [0.25, 0.3) is 0 Å². The van der Waals surface area contributed by atoms with E-state index in [1.165, 1.54) is 0 Å². The van der Waals surface area contributed by atoms with Crippen LogP contribution in [0.3, 0.4) is 0 Å². The zero-order valence-electron chi connectivity index (χ0n) is 14.0. The van der Waals surface area contributed by atoms with Gasteiger partial charge in [-0.05, 0) is 54.3 Å². The molecule has 0 radical (unpaired) electrons. The van der Waals surface area contributed by atoms with Gasteiger partial charge in [-0.2, -0.15) is 0 Å². The molecule has 0 bridgehead atoms. The molecule has 0 saturated carbocycles. The van der Waals surface area contributed by atoms with Crippen LogP contribution in [0, 0.1) is 0 Å². The van der Waals surface area contributed by atoms with Crippen molar-refractivity contribution in [3.8, 4) is 5.75 Å². The van der Waals surface area contributed by atoms with E-state index in [1.807, 2.05) is 56.6 Å². The second kappa shape index (κ2) is 9.01. The number of carbonyl (C=O) groups is 1. The van der Waals surface area contributed by atoms with Crippen molar-refractivity contribution in [3.63, 3.8) is 0 Å². The fraction of sp³-hybridized carbons (Fsp3) is 0.278. The van der Waals surface area contributed by atoms with Crippen LogP contribution < -0.4 is 10.1 Å². The summed E-state index contributed by atoms with van der Waals surface area (Å²) in [6, 6.07) is 11.8. The van der Waals surface area contributed by atoms with Crippen molar-refractivity contribution in [2.45, 2.75) is 6.04 Å². The van der Waals surface area contributed by atoms with Crippen LogP contribution in [0.25, 0.3) is 6.08 Å². The number of hydrogen-bond acceptors (Lipinski definition) is 4. The Bertz CT molecular complexity index is 713. The van der Waals surface area contributed by atoms with Crippen molar-refractivity contribution in [3.05, 3.63) is 56.7 Å². The summed E-state index contributed by atoms with van der Waals surface area (Å²) in [5.74, 6) is 0.714. The van der Waals surface area contributed by atoms with Crippen LogP contribution in [0.4, 0.5) is 0 Å². The highest BCUT2D eigenvalue weighted by molar-refractivity contribution is 9.11. The molecule has 128 valence electrons. The number of rotatable bonds is 7. The number of nitrogens with one attached hydrogen (secondary N) is 1. The third kappa shape index (κ3) is 5.19. The monoisotopic (exact) mass is 408 g/mol. The first-order valence-electron chi connectivity index (χ1n) is 7.52. The van der Waals surface area contributed by atoms with Gasteiger partial charge in [-0.1, -0.05) is 18.2 Å². The van der Waals surface area contributed by atoms with E-state index in [0.29, 0.717) is 6.54 Å². The molecule has 1 N–H and O–H groups in total. The van der Waals surface area contributed by atoms with E-state index in [9.17, 15) is 4.79 Å². The highest BCUT2D eigenvalue weighted by Gasteiger charge is 2.18. The third-order valence-corrected chi connectivity index (χ3v) is 5.17. The molecule has 1 aromatic carbocycles. The summed E-state index contributed by atoms with van der Waals surface area (Å²) < 4.78 is 6.48. The molecule has 4 nitrogen and oxygen atoms in total. The van der Waals surface area contributed by atoms with Crippen LogP contribution in [-0.4, -0.2) is 38.6 Å². The molecule has 1 atom stereocenters. The van der Waals surface area contributed by atoms with Crippen LogP contribution in [0.5, 0.6) is 5.75 Å². The number of nitrogens with zero attached hydrogens (tertiary/aromatic N) is 1. The predicted octanol–water partition coefficient (Wildman–Crippen LogP) is 3.95. The summed E-state index contributed by atoms with van der Waals surface area (Å²) in [6.45, 7) is 0.505. The summed E-state index contributed by atoms with van der Waals surface area (Å²) in [6.07, 6.45) is 3.38. The molecule has 0 aliphatic heterocycles. The van der Waals surface area contributed by atoms with E-state index in [1.54, 1.807) is 24.5 Å². The first-order chi connectivity index (χ1) is 11.5. The van der Waals surface area contributed by atoms with Crippen LogP contribution in [0.2, 0.25) is 0 Å². The number of ether oxygens (including phenoxy) is 1. The molecule has 2 aromatic rings. The van der Waals surface area contributed by atoms with Gasteiger partial charge in [0.2, 0.25) is 5.91 Å². The number of thiophene rings is 1. The van der Waals surface area contributed by atoms with E-state index in [4.69, 9.17) is 4.74 Å². The number of amides is 1. The summed E-state index contributed by atoms with van der Waals surface area (Å²) in [4.78, 5) is 15.2. The Balaban J connectivity index is 2.01. The van der Waals surface area contributed by atoms with Crippen molar-refractivity contribution < 1.29 is 9.53 Å². The Labute approximate surface area is 155 Å². The Kier molecular flexibility index (Phi) is 7.02. The second-order valence-corrected chi connectivity index (χ2v) is 7.94. The standard InChI is InChI=1S/C18H21BrN2O2S/c1-21(2)15(14-6-4-5-7-16(14)23-3)12-20-18(22)11-9-13-8-10-17(19)24-13/h4-11,15H,12H2,1-3H3,(H,20,22)/b11-9+/t15-/m0/s1. The number of benzene rings is 1. The molecule has 1 aromatic heterocycles. The van der Waals surface area contributed by atoms with Gasteiger partial charge in [0.15, 0.2) is 0 Å². The van der Waals surface area contributed by atoms with Crippen LogP contribution >= 0.6 is 27.3 Å². The van der Waals surface area contributed by atoms with Crippen molar-refractivity contribution in [2.75, 3.05) is 27.7 Å². The maximum absolute atomic E-state index is 12.1. The lowest BCUT2D eigenvalue weighted by molar-refractivity contribution is -0.116. The Morgan fingerprint density at radius 3 is 2.71 bits per heavy atom. The van der Waals surface area contributed by atoms with Crippen LogP contribution in [0.15, 0.2) is 46.3 Å². The fourth-order valence-electron chi connectivity index (χ4n) is 2.34. The molecule has 0 spiro atoms. The SMILES string of the molecule is COc1ccccc1[C@H](CNC(=O)/C=C/c1ccc(Br)s1)N(C)C. The van der Waals surface area contributed by atoms with E-state index in [2.05, 4.69) is 26.1 Å². The molecule has 0 aliphatic rings. The molecule has 1 heterocycles. The minimum atomic E-state index is -0.110. The Morgan fingerprint density at radius 1 is 1.33 bits per heavy atom. The minimum absolute atomic E-state index is 0.0365. The summed E-state index contributed by atoms with van der Waals surface area (Å²) >= 11 is 5.00. The van der Waals surface area contributed by atoms with Crippen molar-refractivity contribution in [2.24, 2.45) is 0 Å². The molecule has 24 heavy (non-hydrogen) atoms. The molecule has 0 fully saturated rings. The summed E-state index contributed by atoms with van der Waals surface area (Å²) in [5.41, 5.74) is 1.05. The molecule has 1 amide bonds. The average Bonchev–Trinajstić information content (AvgIpc) is 2.98. The third-order valence-electron chi connectivity index (χ3n) is 3.58. The number of hydrogen-bond donors (Lipinski definition) is 1. The second-order valence-electron chi connectivity index (χ2n) is 5.44. The largest absolute Gasteiger partial charge is 0.496 e. The molecular formula is C18H21BrN2O2S. The predicted molar refractivity (Wildman–Crippen MR) is 103 cm³/mol. The molecular weight excluding hydrogens is 388 g/mol. The molecule has 0 unspecified atom stereocenters. The van der Waals surface area contributed by atoms with Gasteiger partial charge in [-0.15, -0.1) is 11.3 Å². The van der Waals surface area contributed by atoms with E-state index < -0.39 is 0 Å².